The first-order chi connectivity index (χ1) is 5.34. The molecule has 5 heteroatoms. The number of carbonyl (C=O) groups excluding carboxylic acids is 1. The van der Waals surface area contributed by atoms with Gasteiger partial charge in [0.25, 0.3) is 0 Å². The molecule has 0 unspecified atom stereocenters. The van der Waals surface area contributed by atoms with Crippen molar-refractivity contribution in [1.82, 2.24) is 5.06 Å². The number of halogens is 1. The van der Waals surface area contributed by atoms with Gasteiger partial charge in [0.15, 0.2) is 6.07 Å². The van der Waals surface area contributed by atoms with E-state index in [1.807, 2.05) is 0 Å². The molecule has 1 amide bonds. The zero-order chi connectivity index (χ0) is 8.10. The smallest absolute Gasteiger partial charge is 0.432 e. The third-order valence-corrected chi connectivity index (χ3v) is 1.49. The van der Waals surface area contributed by atoms with Gasteiger partial charge in [-0.05, 0) is 12.8 Å². The molecule has 1 heterocycles. The first-order valence-corrected chi connectivity index (χ1v) is 4.01. The van der Waals surface area contributed by atoms with Crippen LogP contribution in [-0.4, -0.2) is 30.4 Å². The Morgan fingerprint density at radius 1 is 1.64 bits per heavy atom. The zero-order valence-corrected chi connectivity index (χ0v) is 6.84. The lowest BCUT2D eigenvalue weighted by atomic mass is 10.3. The van der Waals surface area contributed by atoms with Crippen LogP contribution < -0.4 is 0 Å². The maximum absolute atomic E-state index is 10.9. The minimum Gasteiger partial charge on any atom is -0.432 e. The van der Waals surface area contributed by atoms with Crippen molar-refractivity contribution < 1.29 is 14.4 Å². The second-order valence-electron chi connectivity index (χ2n) is 2.16. The normalized spacial score (nSPS) is 18.1. The predicted molar refractivity (Wildman–Crippen MR) is 39.1 cm³/mol. The maximum Gasteiger partial charge on any atom is 0.435 e. The monoisotopic (exact) mass is 179 g/mol. The molecule has 0 atom stereocenters. The second kappa shape index (κ2) is 4.41. The first kappa shape index (κ1) is 8.62. The molecule has 0 bridgehead atoms. The fourth-order valence-corrected chi connectivity index (χ4v) is 0.953. The van der Waals surface area contributed by atoms with Crippen LogP contribution in [0.2, 0.25) is 0 Å². The predicted octanol–water partition coefficient (Wildman–Crippen LogP) is 1.35. The van der Waals surface area contributed by atoms with Crippen LogP contribution in [0.25, 0.3) is 0 Å². The number of rotatable bonds is 1. The van der Waals surface area contributed by atoms with Gasteiger partial charge in [0.05, 0.1) is 13.2 Å². The van der Waals surface area contributed by atoms with Crippen LogP contribution >= 0.6 is 11.6 Å². The SMILES string of the molecule is O=C(OCCl)N1CCCCO1. The highest BCUT2D eigenvalue weighted by atomic mass is 35.5. The van der Waals surface area contributed by atoms with E-state index in [9.17, 15) is 4.79 Å². The van der Waals surface area contributed by atoms with Gasteiger partial charge in [0.2, 0.25) is 0 Å². The molecule has 11 heavy (non-hydrogen) atoms. The van der Waals surface area contributed by atoms with E-state index in [0.29, 0.717) is 13.2 Å². The molecule has 0 N–H and O–H groups in total. The molecule has 1 aliphatic rings. The first-order valence-electron chi connectivity index (χ1n) is 3.48. The summed E-state index contributed by atoms with van der Waals surface area (Å²) in [7, 11) is 0. The Hall–Kier alpha value is -0.480. The highest BCUT2D eigenvalue weighted by Crippen LogP contribution is 2.07. The van der Waals surface area contributed by atoms with Crippen molar-refractivity contribution in [3.05, 3.63) is 0 Å². The van der Waals surface area contributed by atoms with Gasteiger partial charge in [-0.1, -0.05) is 11.6 Å². The lowest BCUT2D eigenvalue weighted by Crippen LogP contribution is -2.35. The van der Waals surface area contributed by atoms with Crippen LogP contribution in [-0.2, 0) is 9.57 Å². The van der Waals surface area contributed by atoms with Crippen molar-refractivity contribution in [2.75, 3.05) is 19.2 Å². The number of alkyl halides is 1. The Morgan fingerprint density at radius 2 is 2.45 bits per heavy atom. The Kier molecular flexibility index (Phi) is 3.45. The summed E-state index contributed by atoms with van der Waals surface area (Å²) in [5, 5.41) is 1.20. The van der Waals surface area contributed by atoms with Gasteiger partial charge in [-0.15, -0.1) is 0 Å². The number of carbonyl (C=O) groups is 1. The molecule has 1 fully saturated rings. The van der Waals surface area contributed by atoms with E-state index in [4.69, 9.17) is 16.4 Å². The van der Waals surface area contributed by atoms with Gasteiger partial charge in [0.1, 0.15) is 0 Å². The van der Waals surface area contributed by atoms with Crippen LogP contribution in [0.15, 0.2) is 0 Å². The van der Waals surface area contributed by atoms with Gasteiger partial charge < -0.3 is 4.74 Å². The van der Waals surface area contributed by atoms with E-state index >= 15 is 0 Å². The van der Waals surface area contributed by atoms with Crippen LogP contribution in [0.5, 0.6) is 0 Å². The second-order valence-corrected chi connectivity index (χ2v) is 2.38. The summed E-state index contributed by atoms with van der Waals surface area (Å²) in [6, 6.07) is -0.126. The van der Waals surface area contributed by atoms with E-state index in [1.165, 1.54) is 5.06 Å². The van der Waals surface area contributed by atoms with Gasteiger partial charge in [0, 0.05) is 0 Å². The quantitative estimate of drug-likeness (QED) is 0.571. The maximum atomic E-state index is 10.9. The average molecular weight is 180 g/mol. The Labute approximate surface area is 70.0 Å². The number of hydrogen-bond donors (Lipinski definition) is 0. The number of ether oxygens (including phenoxy) is 1. The van der Waals surface area contributed by atoms with E-state index in [1.54, 1.807) is 0 Å². The molecule has 1 rings (SSSR count). The molecule has 4 nitrogen and oxygen atoms in total. The summed E-state index contributed by atoms with van der Waals surface area (Å²) in [6.45, 7) is 1.17. The molecule has 0 aliphatic carbocycles. The molecule has 0 saturated carbocycles. The Bertz CT molecular complexity index is 136. The summed E-state index contributed by atoms with van der Waals surface area (Å²) in [4.78, 5) is 15.9. The van der Waals surface area contributed by atoms with Crippen molar-refractivity contribution in [3.8, 4) is 0 Å². The molecule has 0 aromatic rings. The highest BCUT2D eigenvalue weighted by Gasteiger charge is 2.18. The summed E-state index contributed by atoms with van der Waals surface area (Å²) < 4.78 is 4.51. The molecule has 0 spiro atoms. The fourth-order valence-electron chi connectivity index (χ4n) is 0.859. The summed E-state index contributed by atoms with van der Waals surface area (Å²) in [5.41, 5.74) is 0. The lowest BCUT2D eigenvalue weighted by Gasteiger charge is -2.24. The van der Waals surface area contributed by atoms with Crippen molar-refractivity contribution in [1.29, 1.82) is 0 Å². The largest absolute Gasteiger partial charge is 0.435 e. The van der Waals surface area contributed by atoms with Crippen LogP contribution in [0, 0.1) is 0 Å². The third-order valence-electron chi connectivity index (χ3n) is 1.38. The van der Waals surface area contributed by atoms with Crippen molar-refractivity contribution >= 4 is 17.7 Å². The van der Waals surface area contributed by atoms with Crippen LogP contribution in [0.4, 0.5) is 4.79 Å². The highest BCUT2D eigenvalue weighted by molar-refractivity contribution is 6.17. The third kappa shape index (κ3) is 2.55. The molecule has 0 aromatic heterocycles. The molecule has 0 radical (unpaired) electrons. The van der Waals surface area contributed by atoms with E-state index < -0.39 is 6.09 Å². The molecule has 64 valence electrons. The minimum atomic E-state index is -0.500. The van der Waals surface area contributed by atoms with E-state index in [0.717, 1.165) is 12.8 Å². The number of hydrogen-bond acceptors (Lipinski definition) is 3. The van der Waals surface area contributed by atoms with Gasteiger partial charge in [-0.2, -0.15) is 5.06 Å². The van der Waals surface area contributed by atoms with Gasteiger partial charge in [-0.3, -0.25) is 4.84 Å². The standard InChI is InChI=1S/C6H10ClNO3/c7-5-10-6(9)8-3-1-2-4-11-8/h1-5H2. The molecule has 0 aromatic carbocycles. The van der Waals surface area contributed by atoms with E-state index in [-0.39, 0.29) is 6.07 Å². The summed E-state index contributed by atoms with van der Waals surface area (Å²) in [6.07, 6.45) is 1.45. The summed E-state index contributed by atoms with van der Waals surface area (Å²) >= 11 is 5.19. The Morgan fingerprint density at radius 3 is 3.00 bits per heavy atom. The van der Waals surface area contributed by atoms with Gasteiger partial charge in [-0.25, -0.2) is 4.79 Å². The molecule has 1 saturated heterocycles. The van der Waals surface area contributed by atoms with Crippen LogP contribution in [0.1, 0.15) is 12.8 Å². The average Bonchev–Trinajstić information content (AvgIpc) is 2.07. The fraction of sp³-hybridized carbons (Fsp3) is 0.833. The topological polar surface area (TPSA) is 38.8 Å². The van der Waals surface area contributed by atoms with Crippen molar-refractivity contribution in [2.24, 2.45) is 0 Å². The molecule has 1 aliphatic heterocycles. The number of nitrogens with zero attached hydrogens (tertiary/aromatic N) is 1. The Balaban J connectivity index is 2.27. The summed E-state index contributed by atoms with van der Waals surface area (Å²) in [5.74, 6) is 0. The lowest BCUT2D eigenvalue weighted by molar-refractivity contribution is -0.155. The van der Waals surface area contributed by atoms with Gasteiger partial charge >= 0.3 is 6.09 Å². The number of hydroxylamine groups is 2. The van der Waals surface area contributed by atoms with Crippen molar-refractivity contribution in [3.63, 3.8) is 0 Å². The zero-order valence-electron chi connectivity index (χ0n) is 6.09. The minimum absolute atomic E-state index is 0.126. The van der Waals surface area contributed by atoms with E-state index in [2.05, 4.69) is 4.74 Å². The number of amides is 1. The van der Waals surface area contributed by atoms with Crippen LogP contribution in [0.3, 0.4) is 0 Å². The molecular weight excluding hydrogens is 170 g/mol. The van der Waals surface area contributed by atoms with Crippen molar-refractivity contribution in [2.45, 2.75) is 12.8 Å². The molecular formula is C6H10ClNO3.